The van der Waals surface area contributed by atoms with Crippen LogP contribution in [0.1, 0.15) is 11.1 Å². The molecule has 2 rings (SSSR count). The first kappa shape index (κ1) is 20.7. The average molecular weight is 371 g/mol. The zero-order valence-electron chi connectivity index (χ0n) is 16.3. The minimum Gasteiger partial charge on any atom is -0.457 e. The zero-order valence-corrected chi connectivity index (χ0v) is 16.3. The van der Waals surface area contributed by atoms with Crippen LogP contribution in [0.25, 0.3) is 0 Å². The maximum absolute atomic E-state index is 6.06. The molecule has 6 nitrogen and oxygen atoms in total. The number of rotatable bonds is 10. The number of hydrogen-bond acceptors (Lipinski definition) is 4. The van der Waals surface area contributed by atoms with Crippen molar-refractivity contribution in [3.63, 3.8) is 0 Å². The lowest BCUT2D eigenvalue weighted by Crippen LogP contribution is -2.38. The normalized spacial score (nSPS) is 11.3. The second kappa shape index (κ2) is 11.9. The van der Waals surface area contributed by atoms with E-state index in [1.807, 2.05) is 36.4 Å². The Hall–Kier alpha value is -2.57. The predicted octanol–water partition coefficient (Wildman–Crippen LogP) is 3.12. The molecule has 0 bridgehead atoms. The van der Waals surface area contributed by atoms with E-state index in [2.05, 4.69) is 34.7 Å². The van der Waals surface area contributed by atoms with E-state index in [0.717, 1.165) is 28.6 Å². The van der Waals surface area contributed by atoms with Gasteiger partial charge in [-0.05, 0) is 30.7 Å². The minimum absolute atomic E-state index is 0.591. The molecule has 0 saturated heterocycles. The lowest BCUT2D eigenvalue weighted by atomic mass is 10.1. The maximum atomic E-state index is 6.06. The zero-order chi connectivity index (χ0) is 19.3. The Morgan fingerprint density at radius 2 is 1.81 bits per heavy atom. The van der Waals surface area contributed by atoms with E-state index in [-0.39, 0.29) is 0 Å². The molecule has 0 aliphatic heterocycles. The highest BCUT2D eigenvalue weighted by Crippen LogP contribution is 2.26. The van der Waals surface area contributed by atoms with Gasteiger partial charge in [-0.2, -0.15) is 0 Å². The molecule has 2 N–H and O–H groups in total. The quantitative estimate of drug-likeness (QED) is 0.382. The van der Waals surface area contributed by atoms with E-state index < -0.39 is 0 Å². The first-order chi connectivity index (χ1) is 13.2. The van der Waals surface area contributed by atoms with Crippen LogP contribution in [0.4, 0.5) is 0 Å². The molecule has 0 fully saturated rings. The molecule has 0 heterocycles. The van der Waals surface area contributed by atoms with E-state index >= 15 is 0 Å². The van der Waals surface area contributed by atoms with Crippen LogP contribution < -0.4 is 15.4 Å². The third kappa shape index (κ3) is 7.68. The molecule has 0 amide bonds. The van der Waals surface area contributed by atoms with E-state index in [9.17, 15) is 0 Å². The molecule has 2 aromatic carbocycles. The van der Waals surface area contributed by atoms with Crippen LogP contribution in [0, 0.1) is 6.92 Å². The van der Waals surface area contributed by atoms with E-state index in [1.54, 1.807) is 14.2 Å². The Bertz CT molecular complexity index is 705. The van der Waals surface area contributed by atoms with Crippen LogP contribution in [0.5, 0.6) is 11.5 Å². The monoisotopic (exact) mass is 371 g/mol. The summed E-state index contributed by atoms with van der Waals surface area (Å²) < 4.78 is 16.4. The summed E-state index contributed by atoms with van der Waals surface area (Å²) in [5.41, 5.74) is 2.21. The number of para-hydroxylation sites is 1. The molecule has 0 aromatic heterocycles. The minimum atomic E-state index is 0.591. The Morgan fingerprint density at radius 3 is 2.56 bits per heavy atom. The number of hydrogen-bond donors (Lipinski definition) is 2. The van der Waals surface area contributed by atoms with Crippen molar-refractivity contribution in [2.24, 2.45) is 4.99 Å². The van der Waals surface area contributed by atoms with Gasteiger partial charge in [-0.15, -0.1) is 0 Å². The summed E-state index contributed by atoms with van der Waals surface area (Å²) in [7, 11) is 3.41. The number of ether oxygens (including phenoxy) is 3. The molecule has 0 unspecified atom stereocenters. The smallest absolute Gasteiger partial charge is 0.191 e. The third-order valence-electron chi connectivity index (χ3n) is 3.83. The topological polar surface area (TPSA) is 64.1 Å². The number of nitrogens with zero attached hydrogens (tertiary/aromatic N) is 1. The second-order valence-electron chi connectivity index (χ2n) is 5.98. The number of aliphatic imine (C=N–C) groups is 1. The highest BCUT2D eigenvalue weighted by atomic mass is 16.5. The molecule has 0 aliphatic rings. The van der Waals surface area contributed by atoms with Crippen molar-refractivity contribution in [2.75, 3.05) is 40.5 Å². The summed E-state index contributed by atoms with van der Waals surface area (Å²) in [5.74, 6) is 2.38. The molecular weight excluding hydrogens is 342 g/mol. The van der Waals surface area contributed by atoms with Crippen molar-refractivity contribution in [3.05, 3.63) is 59.7 Å². The Labute approximate surface area is 161 Å². The summed E-state index contributed by atoms with van der Waals surface area (Å²) >= 11 is 0. The summed E-state index contributed by atoms with van der Waals surface area (Å²) in [6.07, 6.45) is 0. The van der Waals surface area contributed by atoms with E-state index in [4.69, 9.17) is 14.2 Å². The van der Waals surface area contributed by atoms with Gasteiger partial charge in [-0.25, -0.2) is 0 Å². The summed E-state index contributed by atoms with van der Waals surface area (Å²) in [6, 6.07) is 16.0. The average Bonchev–Trinajstić information content (AvgIpc) is 2.69. The van der Waals surface area contributed by atoms with Gasteiger partial charge in [0, 0.05) is 32.8 Å². The molecule has 0 saturated carbocycles. The lowest BCUT2D eigenvalue weighted by molar-refractivity contribution is 0.0733. The second-order valence-corrected chi connectivity index (χ2v) is 5.98. The fraction of sp³-hybridized carbons (Fsp3) is 0.381. The van der Waals surface area contributed by atoms with Gasteiger partial charge in [0.25, 0.3) is 0 Å². The van der Waals surface area contributed by atoms with E-state index in [1.165, 1.54) is 0 Å². The predicted molar refractivity (Wildman–Crippen MR) is 109 cm³/mol. The van der Waals surface area contributed by atoms with Gasteiger partial charge < -0.3 is 24.8 Å². The standard InChI is InChI=1S/C21H29N3O3/c1-17-9-10-18(20(15-17)27-19-7-5-4-6-8-19)16-24-21(22-2)23-11-12-26-14-13-25-3/h4-10,15H,11-14,16H2,1-3H3,(H2,22,23,24). The van der Waals surface area contributed by atoms with Crippen LogP contribution in [0.15, 0.2) is 53.5 Å². The molecule has 0 radical (unpaired) electrons. The van der Waals surface area contributed by atoms with Crippen molar-refractivity contribution in [1.29, 1.82) is 0 Å². The fourth-order valence-corrected chi connectivity index (χ4v) is 2.40. The highest BCUT2D eigenvalue weighted by molar-refractivity contribution is 5.79. The summed E-state index contributed by atoms with van der Waals surface area (Å²) in [6.45, 7) is 5.12. The van der Waals surface area contributed by atoms with Gasteiger partial charge in [0.1, 0.15) is 11.5 Å². The van der Waals surface area contributed by atoms with E-state index in [0.29, 0.717) is 32.9 Å². The number of benzene rings is 2. The van der Waals surface area contributed by atoms with Crippen molar-refractivity contribution >= 4 is 5.96 Å². The molecule has 6 heteroatoms. The third-order valence-corrected chi connectivity index (χ3v) is 3.83. The Kier molecular flexibility index (Phi) is 9.17. The number of guanidine groups is 1. The van der Waals surface area contributed by atoms with Crippen molar-refractivity contribution in [2.45, 2.75) is 13.5 Å². The largest absolute Gasteiger partial charge is 0.457 e. The van der Waals surface area contributed by atoms with Gasteiger partial charge in [-0.1, -0.05) is 30.3 Å². The van der Waals surface area contributed by atoms with Gasteiger partial charge in [-0.3, -0.25) is 4.99 Å². The SMILES string of the molecule is CN=C(NCCOCCOC)NCc1ccc(C)cc1Oc1ccccc1. The van der Waals surface area contributed by atoms with Crippen LogP contribution in [0.3, 0.4) is 0 Å². The molecular formula is C21H29N3O3. The molecule has 0 aliphatic carbocycles. The maximum Gasteiger partial charge on any atom is 0.191 e. The first-order valence-corrected chi connectivity index (χ1v) is 9.06. The van der Waals surface area contributed by atoms with Crippen molar-refractivity contribution in [1.82, 2.24) is 10.6 Å². The fourth-order valence-electron chi connectivity index (χ4n) is 2.40. The van der Waals surface area contributed by atoms with Gasteiger partial charge in [0.2, 0.25) is 0 Å². The van der Waals surface area contributed by atoms with Gasteiger partial charge >= 0.3 is 0 Å². The number of methoxy groups -OCH3 is 1. The number of nitrogens with one attached hydrogen (secondary N) is 2. The summed E-state index contributed by atoms with van der Waals surface area (Å²) in [5, 5.41) is 6.54. The Morgan fingerprint density at radius 1 is 1.00 bits per heavy atom. The molecule has 146 valence electrons. The Balaban J connectivity index is 1.88. The van der Waals surface area contributed by atoms with Crippen LogP contribution in [-0.4, -0.2) is 46.5 Å². The number of aryl methyl sites for hydroxylation is 1. The summed E-state index contributed by atoms with van der Waals surface area (Å²) in [4.78, 5) is 4.24. The van der Waals surface area contributed by atoms with Crippen LogP contribution >= 0.6 is 0 Å². The first-order valence-electron chi connectivity index (χ1n) is 9.06. The lowest BCUT2D eigenvalue weighted by Gasteiger charge is -2.15. The molecule has 0 spiro atoms. The van der Waals surface area contributed by atoms with Crippen LogP contribution in [0.2, 0.25) is 0 Å². The molecule has 27 heavy (non-hydrogen) atoms. The van der Waals surface area contributed by atoms with Gasteiger partial charge in [0.05, 0.1) is 19.8 Å². The molecule has 0 atom stereocenters. The van der Waals surface area contributed by atoms with Crippen molar-refractivity contribution in [3.8, 4) is 11.5 Å². The van der Waals surface area contributed by atoms with Gasteiger partial charge in [0.15, 0.2) is 5.96 Å². The van der Waals surface area contributed by atoms with Crippen LogP contribution in [-0.2, 0) is 16.0 Å². The van der Waals surface area contributed by atoms with Crippen molar-refractivity contribution < 1.29 is 14.2 Å². The molecule has 2 aromatic rings. The highest BCUT2D eigenvalue weighted by Gasteiger charge is 2.07.